The molecule has 3 heterocycles. The summed E-state index contributed by atoms with van der Waals surface area (Å²) in [6.07, 6.45) is 7.26. The lowest BCUT2D eigenvalue weighted by Gasteiger charge is -2.39. The van der Waals surface area contributed by atoms with E-state index in [0.717, 1.165) is 12.8 Å². The second-order valence-electron chi connectivity index (χ2n) is 5.65. The minimum atomic E-state index is -3.38. The number of nitrogens with zero attached hydrogens (tertiary/aromatic N) is 3. The van der Waals surface area contributed by atoms with Crippen LogP contribution >= 0.6 is 0 Å². The lowest BCUT2D eigenvalue weighted by atomic mass is 10.0. The molecule has 0 aromatic carbocycles. The van der Waals surface area contributed by atoms with Gasteiger partial charge in [-0.25, -0.2) is 8.42 Å². The van der Waals surface area contributed by atoms with Gasteiger partial charge in [-0.2, -0.15) is 9.40 Å². The Bertz CT molecular complexity index is 515. The van der Waals surface area contributed by atoms with Crippen molar-refractivity contribution in [2.75, 3.05) is 26.2 Å². The van der Waals surface area contributed by atoms with Crippen LogP contribution < -0.4 is 0 Å². The molecule has 1 N–H and O–H groups in total. The van der Waals surface area contributed by atoms with Gasteiger partial charge in [0.2, 0.25) is 0 Å². The van der Waals surface area contributed by atoms with Crippen molar-refractivity contribution in [1.29, 1.82) is 0 Å². The number of rotatable bonds is 3. The first-order chi connectivity index (χ1) is 9.68. The Kier molecular flexibility index (Phi) is 4.09. The van der Waals surface area contributed by atoms with E-state index in [1.54, 1.807) is 4.31 Å². The quantitative estimate of drug-likeness (QED) is 0.905. The summed E-state index contributed by atoms with van der Waals surface area (Å²) in [5.74, 6) is 0. The van der Waals surface area contributed by atoms with Crippen molar-refractivity contribution < 1.29 is 8.42 Å². The molecule has 0 aliphatic carbocycles. The number of likely N-dealkylation sites (tertiary alicyclic amines) is 1. The number of hydrogen-bond donors (Lipinski definition) is 1. The summed E-state index contributed by atoms with van der Waals surface area (Å²) in [7, 11) is -3.38. The third kappa shape index (κ3) is 2.75. The van der Waals surface area contributed by atoms with Crippen molar-refractivity contribution in [1.82, 2.24) is 19.4 Å². The molecule has 2 fully saturated rings. The molecular formula is C13H22N4O2S. The zero-order valence-electron chi connectivity index (χ0n) is 11.7. The zero-order valence-corrected chi connectivity index (χ0v) is 12.5. The Labute approximate surface area is 120 Å². The molecule has 1 aromatic heterocycles. The van der Waals surface area contributed by atoms with Crippen LogP contribution in [0, 0.1) is 0 Å². The molecule has 0 spiro atoms. The molecule has 2 saturated heterocycles. The number of nitrogens with one attached hydrogen (secondary N) is 1. The summed E-state index contributed by atoms with van der Waals surface area (Å²) >= 11 is 0. The lowest BCUT2D eigenvalue weighted by molar-refractivity contribution is 0.117. The molecule has 0 atom stereocenters. The lowest BCUT2D eigenvalue weighted by Crippen LogP contribution is -2.48. The normalized spacial score (nSPS) is 24.0. The molecule has 20 heavy (non-hydrogen) atoms. The number of piperidine rings is 2. The van der Waals surface area contributed by atoms with Crippen LogP contribution in [0.5, 0.6) is 0 Å². The van der Waals surface area contributed by atoms with Gasteiger partial charge in [-0.15, -0.1) is 0 Å². The standard InChI is InChI=1S/C13H22N4O2S/c18-20(19,13-4-7-14-15-13)17-10-5-12(6-11-17)16-8-2-1-3-9-16/h4,7,12H,1-3,5-6,8-11H2,(H,14,15). The Morgan fingerprint density at radius 3 is 2.40 bits per heavy atom. The summed E-state index contributed by atoms with van der Waals surface area (Å²) in [5, 5.41) is 6.49. The maximum Gasteiger partial charge on any atom is 0.259 e. The highest BCUT2D eigenvalue weighted by molar-refractivity contribution is 7.89. The van der Waals surface area contributed by atoms with E-state index in [2.05, 4.69) is 15.1 Å². The van der Waals surface area contributed by atoms with Gasteiger partial charge in [0.25, 0.3) is 10.0 Å². The fourth-order valence-electron chi connectivity index (χ4n) is 3.26. The first-order valence-electron chi connectivity index (χ1n) is 7.41. The van der Waals surface area contributed by atoms with Crippen molar-refractivity contribution in [3.05, 3.63) is 12.3 Å². The van der Waals surface area contributed by atoms with E-state index in [0.29, 0.717) is 19.1 Å². The predicted molar refractivity (Wildman–Crippen MR) is 75.8 cm³/mol. The first-order valence-corrected chi connectivity index (χ1v) is 8.85. The summed E-state index contributed by atoms with van der Waals surface area (Å²) in [6, 6.07) is 2.08. The van der Waals surface area contributed by atoms with Crippen molar-refractivity contribution in [2.24, 2.45) is 0 Å². The Hall–Kier alpha value is -0.920. The molecule has 0 bridgehead atoms. The highest BCUT2D eigenvalue weighted by Gasteiger charge is 2.32. The largest absolute Gasteiger partial charge is 0.300 e. The molecule has 0 unspecified atom stereocenters. The molecule has 2 aliphatic heterocycles. The molecule has 6 nitrogen and oxygen atoms in total. The van der Waals surface area contributed by atoms with Gasteiger partial charge in [0.1, 0.15) is 0 Å². The van der Waals surface area contributed by atoms with Crippen molar-refractivity contribution >= 4 is 10.0 Å². The van der Waals surface area contributed by atoms with E-state index in [4.69, 9.17) is 0 Å². The van der Waals surface area contributed by atoms with Gasteiger partial charge in [-0.05, 0) is 44.8 Å². The molecule has 2 aliphatic rings. The molecular weight excluding hydrogens is 276 g/mol. The Morgan fingerprint density at radius 2 is 1.80 bits per heavy atom. The third-order valence-corrected chi connectivity index (χ3v) is 6.25. The third-order valence-electron chi connectivity index (χ3n) is 4.42. The molecule has 112 valence electrons. The van der Waals surface area contributed by atoms with Crippen LogP contribution in [-0.2, 0) is 10.0 Å². The number of H-pyrrole nitrogens is 1. The Morgan fingerprint density at radius 1 is 1.10 bits per heavy atom. The van der Waals surface area contributed by atoms with E-state index in [1.165, 1.54) is 44.6 Å². The van der Waals surface area contributed by atoms with Crippen molar-refractivity contribution in [3.63, 3.8) is 0 Å². The van der Waals surface area contributed by atoms with Crippen LogP contribution in [0.2, 0.25) is 0 Å². The molecule has 0 amide bonds. The van der Waals surface area contributed by atoms with Crippen LogP contribution in [-0.4, -0.2) is 60.0 Å². The van der Waals surface area contributed by atoms with Gasteiger partial charge in [-0.3, -0.25) is 5.10 Å². The predicted octanol–water partition coefficient (Wildman–Crippen LogP) is 1.05. The number of hydrogen-bond acceptors (Lipinski definition) is 4. The molecule has 1 aromatic rings. The van der Waals surface area contributed by atoms with Crippen molar-refractivity contribution in [2.45, 2.75) is 43.2 Å². The molecule has 0 radical (unpaired) electrons. The van der Waals surface area contributed by atoms with Crippen molar-refractivity contribution in [3.8, 4) is 0 Å². The van der Waals surface area contributed by atoms with E-state index >= 15 is 0 Å². The second-order valence-corrected chi connectivity index (χ2v) is 7.56. The van der Waals surface area contributed by atoms with Crippen LogP contribution in [0.15, 0.2) is 17.3 Å². The minimum Gasteiger partial charge on any atom is -0.300 e. The molecule has 0 saturated carbocycles. The van der Waals surface area contributed by atoms with Gasteiger partial charge in [0.05, 0.1) is 6.20 Å². The minimum absolute atomic E-state index is 0.203. The smallest absolute Gasteiger partial charge is 0.259 e. The van der Waals surface area contributed by atoms with E-state index < -0.39 is 10.0 Å². The van der Waals surface area contributed by atoms with Crippen LogP contribution in [0.1, 0.15) is 32.1 Å². The number of aromatic amines is 1. The summed E-state index contributed by atoms with van der Waals surface area (Å²) < 4.78 is 26.3. The maximum absolute atomic E-state index is 12.4. The topological polar surface area (TPSA) is 69.3 Å². The zero-order chi connectivity index (χ0) is 14.0. The van der Waals surface area contributed by atoms with Gasteiger partial charge < -0.3 is 4.90 Å². The molecule has 3 rings (SSSR count). The van der Waals surface area contributed by atoms with E-state index in [1.807, 2.05) is 0 Å². The fraction of sp³-hybridized carbons (Fsp3) is 0.769. The number of aromatic nitrogens is 2. The summed E-state index contributed by atoms with van der Waals surface area (Å²) in [4.78, 5) is 2.55. The van der Waals surface area contributed by atoms with Gasteiger partial charge in [0, 0.05) is 19.1 Å². The number of sulfonamides is 1. The van der Waals surface area contributed by atoms with E-state index in [9.17, 15) is 8.42 Å². The van der Waals surface area contributed by atoms with Gasteiger partial charge >= 0.3 is 0 Å². The first kappa shape index (κ1) is 14.0. The summed E-state index contributed by atoms with van der Waals surface area (Å²) in [6.45, 7) is 3.58. The average molecular weight is 298 g/mol. The summed E-state index contributed by atoms with van der Waals surface area (Å²) in [5.41, 5.74) is 0. The van der Waals surface area contributed by atoms with Crippen LogP contribution in [0.3, 0.4) is 0 Å². The highest BCUT2D eigenvalue weighted by atomic mass is 32.2. The fourth-order valence-corrected chi connectivity index (χ4v) is 4.63. The average Bonchev–Trinajstić information content (AvgIpc) is 3.03. The monoisotopic (exact) mass is 298 g/mol. The second kappa shape index (κ2) is 5.83. The van der Waals surface area contributed by atoms with E-state index in [-0.39, 0.29) is 5.03 Å². The van der Waals surface area contributed by atoms with Crippen LogP contribution in [0.25, 0.3) is 0 Å². The van der Waals surface area contributed by atoms with Gasteiger partial charge in [0.15, 0.2) is 5.03 Å². The Balaban J connectivity index is 1.61. The SMILES string of the molecule is O=S(=O)(c1ccn[nH]1)N1CCC(N2CCCCC2)CC1. The van der Waals surface area contributed by atoms with Crippen LogP contribution in [0.4, 0.5) is 0 Å². The highest BCUT2D eigenvalue weighted by Crippen LogP contribution is 2.24. The van der Waals surface area contributed by atoms with Gasteiger partial charge in [-0.1, -0.05) is 6.42 Å². The molecule has 7 heteroatoms. The maximum atomic E-state index is 12.4.